The van der Waals surface area contributed by atoms with Crippen LogP contribution < -0.4 is 5.32 Å². The van der Waals surface area contributed by atoms with Crippen molar-refractivity contribution in [1.82, 2.24) is 10.2 Å². The van der Waals surface area contributed by atoms with Gasteiger partial charge in [0.25, 0.3) is 0 Å². The van der Waals surface area contributed by atoms with Crippen LogP contribution >= 0.6 is 0 Å². The number of nitrogens with one attached hydrogen (secondary N) is 1. The summed E-state index contributed by atoms with van der Waals surface area (Å²) >= 11 is 0. The molecule has 6 heteroatoms. The molecule has 2 amide bonds. The molecule has 0 saturated heterocycles. The molecule has 0 aliphatic carbocycles. The summed E-state index contributed by atoms with van der Waals surface area (Å²) in [6, 6.07) is 0.447. The van der Waals surface area contributed by atoms with E-state index in [4.69, 9.17) is 9.52 Å². The molecule has 0 spiro atoms. The highest BCUT2D eigenvalue weighted by Gasteiger charge is 2.24. The first-order valence-electron chi connectivity index (χ1n) is 5.67. The largest absolute Gasteiger partial charge is 0.480 e. The lowest BCUT2D eigenvalue weighted by Gasteiger charge is -2.22. The Bertz CT molecular complexity index is 400. The lowest BCUT2D eigenvalue weighted by molar-refractivity contribution is -0.140. The summed E-state index contributed by atoms with van der Waals surface area (Å²) < 4.78 is 4.90. The lowest BCUT2D eigenvalue weighted by atomic mass is 10.1. The predicted molar refractivity (Wildman–Crippen MR) is 65.0 cm³/mol. The molecule has 1 heterocycles. The third kappa shape index (κ3) is 3.80. The maximum absolute atomic E-state index is 11.8. The van der Waals surface area contributed by atoms with Crippen molar-refractivity contribution in [2.24, 2.45) is 5.92 Å². The van der Waals surface area contributed by atoms with Gasteiger partial charge < -0.3 is 19.7 Å². The molecule has 0 fully saturated rings. The topological polar surface area (TPSA) is 82.8 Å². The molecule has 100 valence electrons. The molecule has 1 atom stereocenters. The van der Waals surface area contributed by atoms with E-state index in [0.717, 1.165) is 5.56 Å². The average Bonchev–Trinajstić information content (AvgIpc) is 2.77. The van der Waals surface area contributed by atoms with Crippen LogP contribution in [0.15, 0.2) is 23.0 Å². The number of hydrogen-bond acceptors (Lipinski definition) is 3. The fourth-order valence-corrected chi connectivity index (χ4v) is 1.49. The number of aliphatic carboxylic acids is 1. The Morgan fingerprint density at radius 3 is 2.61 bits per heavy atom. The molecule has 6 nitrogen and oxygen atoms in total. The maximum atomic E-state index is 11.8. The standard InChI is InChI=1S/C12H18N2O4/c1-8(2)10(11(15)16)13-12(17)14(3)6-9-4-5-18-7-9/h4-5,7-8,10H,6H2,1-3H3,(H,13,17)(H,15,16). The molecule has 0 saturated carbocycles. The lowest BCUT2D eigenvalue weighted by Crippen LogP contribution is -2.48. The van der Waals surface area contributed by atoms with Crippen LogP contribution in [-0.2, 0) is 11.3 Å². The molecule has 2 N–H and O–H groups in total. The number of carbonyl (C=O) groups is 2. The summed E-state index contributed by atoms with van der Waals surface area (Å²) in [6.45, 7) is 3.86. The van der Waals surface area contributed by atoms with Crippen LogP contribution in [0.5, 0.6) is 0 Å². The first kappa shape index (κ1) is 14.1. The van der Waals surface area contributed by atoms with E-state index in [1.54, 1.807) is 33.2 Å². The summed E-state index contributed by atoms with van der Waals surface area (Å²) in [4.78, 5) is 24.2. The summed E-state index contributed by atoms with van der Waals surface area (Å²) in [5.74, 6) is -1.20. The average molecular weight is 254 g/mol. The quantitative estimate of drug-likeness (QED) is 0.834. The molecule has 1 rings (SSSR count). The SMILES string of the molecule is CC(C)C(NC(=O)N(C)Cc1ccoc1)C(=O)O. The van der Waals surface area contributed by atoms with Crippen molar-refractivity contribution in [2.75, 3.05) is 7.05 Å². The number of hydrogen-bond donors (Lipinski definition) is 2. The number of furan rings is 1. The second-order valence-electron chi connectivity index (χ2n) is 4.50. The van der Waals surface area contributed by atoms with Gasteiger partial charge in [0.15, 0.2) is 0 Å². The van der Waals surface area contributed by atoms with Crippen molar-refractivity contribution in [3.63, 3.8) is 0 Å². The highest BCUT2D eigenvalue weighted by molar-refractivity contribution is 5.82. The summed E-state index contributed by atoms with van der Waals surface area (Å²) in [5, 5.41) is 11.5. The van der Waals surface area contributed by atoms with Gasteiger partial charge in [-0.2, -0.15) is 0 Å². The van der Waals surface area contributed by atoms with Crippen molar-refractivity contribution in [3.05, 3.63) is 24.2 Å². The fourth-order valence-electron chi connectivity index (χ4n) is 1.49. The number of amides is 2. The summed E-state index contributed by atoms with van der Waals surface area (Å²) in [6.07, 6.45) is 3.07. The predicted octanol–water partition coefficient (Wildman–Crippen LogP) is 1.53. The van der Waals surface area contributed by atoms with Gasteiger partial charge in [0, 0.05) is 12.6 Å². The van der Waals surface area contributed by atoms with Crippen LogP contribution in [0.4, 0.5) is 4.79 Å². The van der Waals surface area contributed by atoms with Crippen LogP contribution in [0.25, 0.3) is 0 Å². The Hall–Kier alpha value is -1.98. The maximum Gasteiger partial charge on any atom is 0.326 e. The Morgan fingerprint density at radius 1 is 1.50 bits per heavy atom. The van der Waals surface area contributed by atoms with Crippen molar-refractivity contribution < 1.29 is 19.1 Å². The number of carboxylic acid groups (broad SMARTS) is 1. The third-order valence-corrected chi connectivity index (χ3v) is 2.56. The molecule has 1 aromatic rings. The van der Waals surface area contributed by atoms with Gasteiger partial charge in [0.1, 0.15) is 6.04 Å². The molecule has 0 aliphatic heterocycles. The normalized spacial score (nSPS) is 12.2. The Labute approximate surface area is 106 Å². The van der Waals surface area contributed by atoms with Gasteiger partial charge in [-0.25, -0.2) is 9.59 Å². The van der Waals surface area contributed by atoms with E-state index in [2.05, 4.69) is 5.32 Å². The minimum Gasteiger partial charge on any atom is -0.480 e. The molecule has 0 bridgehead atoms. The van der Waals surface area contributed by atoms with Crippen LogP contribution in [0.2, 0.25) is 0 Å². The van der Waals surface area contributed by atoms with Crippen LogP contribution in [-0.4, -0.2) is 35.1 Å². The van der Waals surface area contributed by atoms with Crippen LogP contribution in [0, 0.1) is 5.92 Å². The van der Waals surface area contributed by atoms with Gasteiger partial charge >= 0.3 is 12.0 Å². The minimum absolute atomic E-state index is 0.172. The van der Waals surface area contributed by atoms with Gasteiger partial charge in [-0.15, -0.1) is 0 Å². The second-order valence-corrected chi connectivity index (χ2v) is 4.50. The molecular formula is C12H18N2O4. The van der Waals surface area contributed by atoms with E-state index in [9.17, 15) is 9.59 Å². The van der Waals surface area contributed by atoms with E-state index in [-0.39, 0.29) is 5.92 Å². The number of nitrogens with zero attached hydrogens (tertiary/aromatic N) is 1. The van der Waals surface area contributed by atoms with Gasteiger partial charge in [-0.1, -0.05) is 13.8 Å². The van der Waals surface area contributed by atoms with Crippen molar-refractivity contribution >= 4 is 12.0 Å². The van der Waals surface area contributed by atoms with Gasteiger partial charge in [-0.3, -0.25) is 0 Å². The van der Waals surface area contributed by atoms with E-state index >= 15 is 0 Å². The smallest absolute Gasteiger partial charge is 0.326 e. The number of carbonyl (C=O) groups excluding carboxylic acids is 1. The van der Waals surface area contributed by atoms with Crippen LogP contribution in [0.1, 0.15) is 19.4 Å². The zero-order valence-electron chi connectivity index (χ0n) is 10.7. The third-order valence-electron chi connectivity index (χ3n) is 2.56. The first-order chi connectivity index (χ1) is 8.41. The minimum atomic E-state index is -1.03. The second kappa shape index (κ2) is 6.09. The Morgan fingerprint density at radius 2 is 2.17 bits per heavy atom. The van der Waals surface area contributed by atoms with Gasteiger partial charge in [0.05, 0.1) is 19.1 Å². The monoisotopic (exact) mass is 254 g/mol. The molecule has 18 heavy (non-hydrogen) atoms. The molecule has 1 unspecified atom stereocenters. The molecule has 0 aliphatic rings. The van der Waals surface area contributed by atoms with Crippen molar-refractivity contribution in [2.45, 2.75) is 26.4 Å². The van der Waals surface area contributed by atoms with E-state index < -0.39 is 18.0 Å². The van der Waals surface area contributed by atoms with E-state index in [1.807, 2.05) is 0 Å². The van der Waals surface area contributed by atoms with Crippen molar-refractivity contribution in [3.8, 4) is 0 Å². The summed E-state index contributed by atoms with van der Waals surface area (Å²) in [7, 11) is 1.60. The molecular weight excluding hydrogens is 236 g/mol. The Balaban J connectivity index is 2.56. The van der Waals surface area contributed by atoms with Gasteiger partial charge in [-0.05, 0) is 12.0 Å². The summed E-state index contributed by atoms with van der Waals surface area (Å²) in [5.41, 5.74) is 0.851. The van der Waals surface area contributed by atoms with E-state index in [1.165, 1.54) is 11.2 Å². The number of urea groups is 1. The highest BCUT2D eigenvalue weighted by Crippen LogP contribution is 2.06. The first-order valence-corrected chi connectivity index (χ1v) is 5.67. The number of carboxylic acids is 1. The highest BCUT2D eigenvalue weighted by atomic mass is 16.4. The number of rotatable bonds is 5. The Kier molecular flexibility index (Phi) is 4.76. The van der Waals surface area contributed by atoms with E-state index in [0.29, 0.717) is 6.54 Å². The van der Waals surface area contributed by atoms with Crippen LogP contribution in [0.3, 0.4) is 0 Å². The molecule has 0 radical (unpaired) electrons. The molecule has 0 aromatic carbocycles. The van der Waals surface area contributed by atoms with Gasteiger partial charge in [0.2, 0.25) is 0 Å². The van der Waals surface area contributed by atoms with Crippen molar-refractivity contribution in [1.29, 1.82) is 0 Å². The molecule has 1 aromatic heterocycles. The zero-order valence-corrected chi connectivity index (χ0v) is 10.7. The zero-order chi connectivity index (χ0) is 13.7. The fraction of sp³-hybridized carbons (Fsp3) is 0.500.